The van der Waals surface area contributed by atoms with Crippen LogP contribution in [0.2, 0.25) is 0 Å². The van der Waals surface area contributed by atoms with Crippen LogP contribution in [0.4, 0.5) is 0 Å². The number of piperidine rings is 1. The summed E-state index contributed by atoms with van der Waals surface area (Å²) in [5, 5.41) is 8.76. The largest absolute Gasteiger partial charge is 0.340 e. The molecule has 0 spiro atoms. The van der Waals surface area contributed by atoms with Gasteiger partial charge in [-0.25, -0.2) is 0 Å². The molecule has 0 aromatic carbocycles. The number of likely N-dealkylation sites (tertiary alicyclic amines) is 1. The number of amides is 1. The number of rotatable bonds is 5. The van der Waals surface area contributed by atoms with Crippen molar-refractivity contribution in [2.45, 2.75) is 38.8 Å². The van der Waals surface area contributed by atoms with Crippen LogP contribution in [0.25, 0.3) is 0 Å². The Labute approximate surface area is 155 Å². The highest BCUT2D eigenvalue weighted by atomic mass is 16.2. The third kappa shape index (κ3) is 3.67. The van der Waals surface area contributed by atoms with Gasteiger partial charge in [-0.15, -0.1) is 0 Å². The summed E-state index contributed by atoms with van der Waals surface area (Å²) in [6.45, 7) is 5.90. The summed E-state index contributed by atoms with van der Waals surface area (Å²) in [5.74, 6) is 0.367. The molecule has 2 atom stereocenters. The Morgan fingerprint density at radius 3 is 2.73 bits per heavy atom. The van der Waals surface area contributed by atoms with Crippen LogP contribution in [0.1, 0.15) is 55.0 Å². The average molecular weight is 358 g/mol. The van der Waals surface area contributed by atoms with Crippen molar-refractivity contribution in [1.29, 1.82) is 0 Å². The number of carbonyl (C=O) groups is 1. The van der Waals surface area contributed by atoms with Crippen LogP contribution in [0.3, 0.4) is 0 Å². The first-order valence-electron chi connectivity index (χ1n) is 9.37. The van der Waals surface area contributed by atoms with Crippen LogP contribution in [-0.4, -0.2) is 62.5 Å². The molecule has 3 rings (SSSR count). The lowest BCUT2D eigenvalue weighted by atomic mass is 9.87. The monoisotopic (exact) mass is 358 g/mol. The van der Waals surface area contributed by atoms with E-state index in [1.54, 1.807) is 0 Å². The number of nitrogens with zero attached hydrogens (tertiary/aromatic N) is 6. The number of aryl methyl sites for hydroxylation is 1. The summed E-state index contributed by atoms with van der Waals surface area (Å²) < 4.78 is 3.78. The molecule has 3 heterocycles. The topological polar surface area (TPSA) is 59.2 Å². The number of hydrogen-bond acceptors (Lipinski definition) is 4. The molecular formula is C19H30N6O. The summed E-state index contributed by atoms with van der Waals surface area (Å²) in [6.07, 6.45) is 5.98. The third-order valence-corrected chi connectivity index (χ3v) is 5.38. The fraction of sp³-hybridized carbons (Fsp3) is 0.632. The van der Waals surface area contributed by atoms with Crippen LogP contribution in [-0.2, 0) is 7.05 Å². The Morgan fingerprint density at radius 1 is 1.35 bits per heavy atom. The fourth-order valence-electron chi connectivity index (χ4n) is 3.96. The smallest absolute Gasteiger partial charge is 0.274 e. The Kier molecular flexibility index (Phi) is 5.46. The maximum absolute atomic E-state index is 12.8. The maximum atomic E-state index is 12.8. The Bertz CT molecular complexity index is 749. The van der Waals surface area contributed by atoms with Gasteiger partial charge in [0, 0.05) is 39.1 Å². The molecule has 0 unspecified atom stereocenters. The standard InChI is InChI=1S/C19H30N6O/c1-14(2)25-12-9-16(21-25)19(26)23(4)13-15-7-6-11-22(3)18(15)17-8-10-20-24(17)5/h8-10,12,14-15,18H,6-7,11,13H2,1-5H3/t15-,18+/m0/s1. The first-order chi connectivity index (χ1) is 12.4. The van der Waals surface area contributed by atoms with Gasteiger partial charge in [-0.2, -0.15) is 10.2 Å². The van der Waals surface area contributed by atoms with Crippen LogP contribution in [0.15, 0.2) is 24.5 Å². The molecule has 1 aliphatic rings. The summed E-state index contributed by atoms with van der Waals surface area (Å²) in [5.41, 5.74) is 1.73. The summed E-state index contributed by atoms with van der Waals surface area (Å²) in [7, 11) is 6.03. The normalized spacial score (nSPS) is 21.3. The third-order valence-electron chi connectivity index (χ3n) is 5.38. The van der Waals surface area contributed by atoms with E-state index in [1.807, 2.05) is 46.8 Å². The van der Waals surface area contributed by atoms with Gasteiger partial charge in [0.15, 0.2) is 0 Å². The van der Waals surface area contributed by atoms with E-state index >= 15 is 0 Å². The van der Waals surface area contributed by atoms with E-state index in [2.05, 4.69) is 42.1 Å². The molecule has 0 aliphatic carbocycles. The van der Waals surface area contributed by atoms with Crippen molar-refractivity contribution in [1.82, 2.24) is 29.4 Å². The van der Waals surface area contributed by atoms with E-state index in [-0.39, 0.29) is 18.0 Å². The van der Waals surface area contributed by atoms with Crippen molar-refractivity contribution in [3.8, 4) is 0 Å². The Hall–Kier alpha value is -2.15. The lowest BCUT2D eigenvalue weighted by Crippen LogP contribution is -2.43. The highest BCUT2D eigenvalue weighted by Crippen LogP contribution is 2.35. The first-order valence-corrected chi connectivity index (χ1v) is 9.37. The molecule has 1 aliphatic heterocycles. The SMILES string of the molecule is CC(C)n1ccc(C(=O)N(C)C[C@@H]2CCCN(C)[C@H]2c2ccnn2C)n1. The van der Waals surface area contributed by atoms with E-state index in [9.17, 15) is 4.79 Å². The summed E-state index contributed by atoms with van der Waals surface area (Å²) in [6, 6.07) is 4.43. The van der Waals surface area contributed by atoms with E-state index in [1.165, 1.54) is 5.69 Å². The van der Waals surface area contributed by atoms with Gasteiger partial charge in [0.25, 0.3) is 5.91 Å². The Balaban J connectivity index is 1.74. The van der Waals surface area contributed by atoms with Gasteiger partial charge in [-0.05, 0) is 58.3 Å². The molecule has 2 aromatic heterocycles. The van der Waals surface area contributed by atoms with Gasteiger partial charge in [-0.3, -0.25) is 19.1 Å². The van der Waals surface area contributed by atoms with Crippen molar-refractivity contribution < 1.29 is 4.79 Å². The summed E-state index contributed by atoms with van der Waals surface area (Å²) >= 11 is 0. The van der Waals surface area contributed by atoms with E-state index < -0.39 is 0 Å². The van der Waals surface area contributed by atoms with Gasteiger partial charge >= 0.3 is 0 Å². The minimum absolute atomic E-state index is 0.0126. The fourth-order valence-corrected chi connectivity index (χ4v) is 3.96. The highest BCUT2D eigenvalue weighted by molar-refractivity contribution is 5.92. The molecule has 26 heavy (non-hydrogen) atoms. The van der Waals surface area contributed by atoms with Crippen LogP contribution in [0.5, 0.6) is 0 Å². The predicted molar refractivity (Wildman–Crippen MR) is 101 cm³/mol. The van der Waals surface area contributed by atoms with Crippen LogP contribution in [0, 0.1) is 5.92 Å². The van der Waals surface area contributed by atoms with Gasteiger partial charge in [-0.1, -0.05) is 0 Å². The van der Waals surface area contributed by atoms with Crippen molar-refractivity contribution in [2.75, 3.05) is 27.2 Å². The van der Waals surface area contributed by atoms with Gasteiger partial charge < -0.3 is 4.90 Å². The van der Waals surface area contributed by atoms with Crippen molar-refractivity contribution in [3.63, 3.8) is 0 Å². The first kappa shape index (κ1) is 18.6. The molecule has 2 aromatic rings. The molecule has 7 heteroatoms. The van der Waals surface area contributed by atoms with Crippen molar-refractivity contribution in [2.24, 2.45) is 13.0 Å². The van der Waals surface area contributed by atoms with Crippen LogP contribution >= 0.6 is 0 Å². The van der Waals surface area contributed by atoms with E-state index in [4.69, 9.17) is 0 Å². The lowest BCUT2D eigenvalue weighted by molar-refractivity contribution is 0.0625. The molecule has 142 valence electrons. The predicted octanol–water partition coefficient (Wildman–Crippen LogP) is 2.35. The Morgan fingerprint density at radius 2 is 2.12 bits per heavy atom. The molecule has 0 radical (unpaired) electrons. The number of carbonyl (C=O) groups excluding carboxylic acids is 1. The zero-order valence-corrected chi connectivity index (χ0v) is 16.5. The highest BCUT2D eigenvalue weighted by Gasteiger charge is 2.34. The molecule has 1 fully saturated rings. The lowest BCUT2D eigenvalue weighted by Gasteiger charge is -2.40. The van der Waals surface area contributed by atoms with Gasteiger partial charge in [0.05, 0.1) is 11.7 Å². The maximum Gasteiger partial charge on any atom is 0.274 e. The molecular weight excluding hydrogens is 328 g/mol. The molecule has 0 saturated carbocycles. The second-order valence-electron chi connectivity index (χ2n) is 7.67. The van der Waals surface area contributed by atoms with E-state index in [0.29, 0.717) is 18.2 Å². The number of aromatic nitrogens is 4. The summed E-state index contributed by atoms with van der Waals surface area (Å²) in [4.78, 5) is 17.0. The molecule has 1 amide bonds. The van der Waals surface area contributed by atoms with Crippen molar-refractivity contribution >= 4 is 5.91 Å². The van der Waals surface area contributed by atoms with Crippen LogP contribution < -0.4 is 0 Å². The average Bonchev–Trinajstić information content (AvgIpc) is 3.24. The minimum atomic E-state index is -0.0126. The number of hydrogen-bond donors (Lipinski definition) is 0. The van der Waals surface area contributed by atoms with Gasteiger partial charge in [0.2, 0.25) is 0 Å². The zero-order chi connectivity index (χ0) is 18.8. The van der Waals surface area contributed by atoms with Gasteiger partial charge in [0.1, 0.15) is 5.69 Å². The minimum Gasteiger partial charge on any atom is -0.340 e. The van der Waals surface area contributed by atoms with E-state index in [0.717, 1.165) is 19.4 Å². The quantitative estimate of drug-likeness (QED) is 0.823. The van der Waals surface area contributed by atoms with Crippen molar-refractivity contribution in [3.05, 3.63) is 35.9 Å². The molecule has 7 nitrogen and oxygen atoms in total. The molecule has 0 N–H and O–H groups in total. The second kappa shape index (κ2) is 7.61. The molecule has 1 saturated heterocycles. The zero-order valence-electron chi connectivity index (χ0n) is 16.5. The second-order valence-corrected chi connectivity index (χ2v) is 7.67. The molecule has 0 bridgehead atoms.